The zero-order valence-corrected chi connectivity index (χ0v) is 9.03. The molecule has 0 aromatic carbocycles. The molecule has 1 saturated heterocycles. The molecule has 2 rings (SSSR count). The minimum Gasteiger partial charge on any atom is -0.355 e. The summed E-state index contributed by atoms with van der Waals surface area (Å²) in [6.07, 6.45) is 5.03. The number of amidine groups is 1. The summed E-state index contributed by atoms with van der Waals surface area (Å²) < 4.78 is 0. The number of rotatable bonds is 2. The Kier molecular flexibility index (Phi) is 2.94. The summed E-state index contributed by atoms with van der Waals surface area (Å²) in [4.78, 5) is 10.5. The van der Waals surface area contributed by atoms with Gasteiger partial charge in [-0.25, -0.2) is 9.97 Å². The summed E-state index contributed by atoms with van der Waals surface area (Å²) in [5, 5.41) is 7.83. The largest absolute Gasteiger partial charge is 0.355 e. The number of aromatic nitrogens is 2. The zero-order valence-electron chi connectivity index (χ0n) is 9.03. The number of nitrogens with one attached hydrogen (secondary N) is 1. The van der Waals surface area contributed by atoms with Crippen molar-refractivity contribution in [2.45, 2.75) is 32.7 Å². The fraction of sp³-hybridized carbons (Fsp3) is 0.545. The van der Waals surface area contributed by atoms with Gasteiger partial charge in [-0.2, -0.15) is 0 Å². The van der Waals surface area contributed by atoms with Gasteiger partial charge in [-0.3, -0.25) is 5.41 Å². The van der Waals surface area contributed by atoms with Crippen LogP contribution in [0.3, 0.4) is 0 Å². The smallest absolute Gasteiger partial charge is 0.125 e. The van der Waals surface area contributed by atoms with Gasteiger partial charge in [-0.15, -0.1) is 0 Å². The average Bonchev–Trinajstić information content (AvgIpc) is 2.22. The fourth-order valence-corrected chi connectivity index (χ4v) is 1.85. The molecule has 80 valence electrons. The number of nitrogens with zero attached hydrogens (tertiary/aromatic N) is 3. The molecule has 4 heteroatoms. The number of aryl methyl sites for hydroxylation is 1. The minimum atomic E-state index is 0.748. The maximum absolute atomic E-state index is 7.83. The topological polar surface area (TPSA) is 52.9 Å². The van der Waals surface area contributed by atoms with E-state index in [9.17, 15) is 0 Å². The molecule has 1 aliphatic heterocycles. The van der Waals surface area contributed by atoms with E-state index in [0.717, 1.165) is 43.3 Å². The van der Waals surface area contributed by atoms with Gasteiger partial charge in [0, 0.05) is 19.2 Å². The Hall–Kier alpha value is -1.45. The average molecular weight is 204 g/mol. The normalized spacial score (nSPS) is 16.9. The third-order valence-electron chi connectivity index (χ3n) is 2.66. The van der Waals surface area contributed by atoms with Crippen LogP contribution in [0.25, 0.3) is 0 Å². The van der Waals surface area contributed by atoms with Crippen LogP contribution in [0.15, 0.2) is 12.3 Å². The van der Waals surface area contributed by atoms with Crippen LogP contribution in [-0.2, 0) is 6.54 Å². The van der Waals surface area contributed by atoms with E-state index in [1.54, 1.807) is 6.20 Å². The quantitative estimate of drug-likeness (QED) is 0.798. The Morgan fingerprint density at radius 3 is 3.07 bits per heavy atom. The van der Waals surface area contributed by atoms with E-state index in [1.807, 2.05) is 13.0 Å². The molecule has 1 aromatic rings. The molecule has 1 fully saturated rings. The van der Waals surface area contributed by atoms with E-state index in [2.05, 4.69) is 14.9 Å². The van der Waals surface area contributed by atoms with Crippen LogP contribution in [0.2, 0.25) is 0 Å². The monoisotopic (exact) mass is 204 g/mol. The Bertz CT molecular complexity index is 361. The van der Waals surface area contributed by atoms with Gasteiger partial charge in [0.15, 0.2) is 0 Å². The second-order valence-corrected chi connectivity index (χ2v) is 3.92. The van der Waals surface area contributed by atoms with Gasteiger partial charge in [-0.1, -0.05) is 0 Å². The first-order valence-corrected chi connectivity index (χ1v) is 5.36. The molecule has 0 radical (unpaired) electrons. The van der Waals surface area contributed by atoms with Crippen molar-refractivity contribution in [3.8, 4) is 0 Å². The number of hydrogen-bond donors (Lipinski definition) is 1. The maximum Gasteiger partial charge on any atom is 0.125 e. The fourth-order valence-electron chi connectivity index (χ4n) is 1.85. The standard InChI is InChI=1S/C11H16N4/c1-9-13-6-5-10(14-9)8-15-7-3-2-4-11(15)12/h5-6,12H,2-4,7-8H2,1H3. The highest BCUT2D eigenvalue weighted by atomic mass is 15.2. The number of piperidine rings is 1. The van der Waals surface area contributed by atoms with E-state index in [4.69, 9.17) is 5.41 Å². The summed E-state index contributed by atoms with van der Waals surface area (Å²) in [6, 6.07) is 1.93. The van der Waals surface area contributed by atoms with Gasteiger partial charge < -0.3 is 4.90 Å². The molecule has 0 aliphatic carbocycles. The molecule has 0 atom stereocenters. The molecule has 15 heavy (non-hydrogen) atoms. The summed E-state index contributed by atoms with van der Waals surface area (Å²) >= 11 is 0. The Morgan fingerprint density at radius 1 is 1.47 bits per heavy atom. The van der Waals surface area contributed by atoms with Crippen LogP contribution < -0.4 is 0 Å². The summed E-state index contributed by atoms with van der Waals surface area (Å²) in [5.41, 5.74) is 1.01. The molecular weight excluding hydrogens is 188 g/mol. The summed E-state index contributed by atoms with van der Waals surface area (Å²) in [7, 11) is 0. The third-order valence-corrected chi connectivity index (χ3v) is 2.66. The van der Waals surface area contributed by atoms with Crippen LogP contribution in [-0.4, -0.2) is 27.2 Å². The van der Waals surface area contributed by atoms with Crippen molar-refractivity contribution in [2.75, 3.05) is 6.54 Å². The first-order chi connectivity index (χ1) is 7.25. The minimum absolute atomic E-state index is 0.748. The van der Waals surface area contributed by atoms with E-state index in [1.165, 1.54) is 6.42 Å². The molecule has 0 saturated carbocycles. The predicted molar refractivity (Wildman–Crippen MR) is 58.8 cm³/mol. The molecule has 0 spiro atoms. The molecule has 2 heterocycles. The van der Waals surface area contributed by atoms with Crippen LogP contribution >= 0.6 is 0 Å². The van der Waals surface area contributed by atoms with Crippen molar-refractivity contribution in [1.29, 1.82) is 5.41 Å². The Morgan fingerprint density at radius 2 is 2.33 bits per heavy atom. The first-order valence-electron chi connectivity index (χ1n) is 5.36. The second kappa shape index (κ2) is 4.38. The van der Waals surface area contributed by atoms with Gasteiger partial charge in [0.1, 0.15) is 5.82 Å². The highest BCUT2D eigenvalue weighted by Gasteiger charge is 2.15. The van der Waals surface area contributed by atoms with E-state index < -0.39 is 0 Å². The molecule has 0 unspecified atom stereocenters. The highest BCUT2D eigenvalue weighted by molar-refractivity contribution is 5.79. The lowest BCUT2D eigenvalue weighted by molar-refractivity contribution is 0.357. The lowest BCUT2D eigenvalue weighted by Gasteiger charge is -2.28. The first kappa shape index (κ1) is 10.1. The Labute approximate surface area is 89.9 Å². The Balaban J connectivity index is 2.04. The zero-order chi connectivity index (χ0) is 10.7. The van der Waals surface area contributed by atoms with E-state index >= 15 is 0 Å². The second-order valence-electron chi connectivity index (χ2n) is 3.92. The lowest BCUT2D eigenvalue weighted by Crippen LogP contribution is -2.34. The SMILES string of the molecule is Cc1nccc(CN2CCCCC2=N)n1. The summed E-state index contributed by atoms with van der Waals surface area (Å²) in [5.74, 6) is 1.55. The van der Waals surface area contributed by atoms with Crippen molar-refractivity contribution in [3.05, 3.63) is 23.8 Å². The molecular formula is C11H16N4. The number of likely N-dealkylation sites (tertiary alicyclic amines) is 1. The summed E-state index contributed by atoms with van der Waals surface area (Å²) in [6.45, 7) is 3.63. The molecule has 1 N–H and O–H groups in total. The van der Waals surface area contributed by atoms with Crippen molar-refractivity contribution in [2.24, 2.45) is 0 Å². The molecule has 0 bridgehead atoms. The predicted octanol–water partition coefficient (Wildman–Crippen LogP) is 1.75. The number of hydrogen-bond acceptors (Lipinski definition) is 3. The van der Waals surface area contributed by atoms with Gasteiger partial charge in [0.25, 0.3) is 0 Å². The van der Waals surface area contributed by atoms with Gasteiger partial charge in [0.2, 0.25) is 0 Å². The van der Waals surface area contributed by atoms with E-state index in [0.29, 0.717) is 0 Å². The van der Waals surface area contributed by atoms with Crippen LogP contribution in [0, 0.1) is 12.3 Å². The molecule has 4 nitrogen and oxygen atoms in total. The molecule has 1 aliphatic rings. The van der Waals surface area contributed by atoms with E-state index in [-0.39, 0.29) is 0 Å². The van der Waals surface area contributed by atoms with Crippen molar-refractivity contribution < 1.29 is 0 Å². The van der Waals surface area contributed by atoms with Crippen LogP contribution in [0.4, 0.5) is 0 Å². The van der Waals surface area contributed by atoms with Crippen molar-refractivity contribution >= 4 is 5.84 Å². The van der Waals surface area contributed by atoms with Gasteiger partial charge in [0.05, 0.1) is 18.1 Å². The lowest BCUT2D eigenvalue weighted by atomic mass is 10.1. The van der Waals surface area contributed by atoms with Crippen molar-refractivity contribution in [3.63, 3.8) is 0 Å². The third kappa shape index (κ3) is 2.52. The van der Waals surface area contributed by atoms with Gasteiger partial charge >= 0.3 is 0 Å². The van der Waals surface area contributed by atoms with Gasteiger partial charge in [-0.05, 0) is 25.8 Å². The maximum atomic E-state index is 7.83. The van der Waals surface area contributed by atoms with Crippen LogP contribution in [0.1, 0.15) is 30.8 Å². The van der Waals surface area contributed by atoms with Crippen LogP contribution in [0.5, 0.6) is 0 Å². The highest BCUT2D eigenvalue weighted by Crippen LogP contribution is 2.13. The molecule has 1 aromatic heterocycles. The molecule has 0 amide bonds. The van der Waals surface area contributed by atoms with Crippen molar-refractivity contribution in [1.82, 2.24) is 14.9 Å².